The lowest BCUT2D eigenvalue weighted by Gasteiger charge is -2.05. The van der Waals surface area contributed by atoms with Crippen LogP contribution in [0.1, 0.15) is 5.56 Å². The first-order chi connectivity index (χ1) is 10.5. The van der Waals surface area contributed by atoms with E-state index in [0.717, 1.165) is 9.26 Å². The number of hydrogen-bond acceptors (Lipinski definition) is 5. The molecule has 114 valence electrons. The summed E-state index contributed by atoms with van der Waals surface area (Å²) in [5.41, 5.74) is 3.58. The lowest BCUT2D eigenvalue weighted by molar-refractivity contribution is -0.119. The van der Waals surface area contributed by atoms with Crippen LogP contribution in [-0.2, 0) is 4.79 Å². The fourth-order valence-electron chi connectivity index (χ4n) is 1.60. The second-order valence-corrected chi connectivity index (χ2v) is 5.64. The monoisotopic (exact) mass is 411 g/mol. The molecule has 0 aliphatic heterocycles. The van der Waals surface area contributed by atoms with Gasteiger partial charge in [0.05, 0.1) is 12.8 Å². The summed E-state index contributed by atoms with van der Waals surface area (Å²) >= 11 is 2.20. The van der Waals surface area contributed by atoms with Crippen molar-refractivity contribution in [2.24, 2.45) is 5.10 Å². The third kappa shape index (κ3) is 4.92. The molecule has 0 fully saturated rings. The highest BCUT2D eigenvalue weighted by molar-refractivity contribution is 14.1. The maximum absolute atomic E-state index is 11.6. The molecule has 2 aromatic carbocycles. The van der Waals surface area contributed by atoms with E-state index >= 15 is 0 Å². The van der Waals surface area contributed by atoms with Gasteiger partial charge in [-0.05, 0) is 59.0 Å². The number of rotatable bonds is 5. The highest BCUT2D eigenvalue weighted by atomic mass is 127. The van der Waals surface area contributed by atoms with Crippen molar-refractivity contribution in [3.05, 3.63) is 51.6 Å². The summed E-state index contributed by atoms with van der Waals surface area (Å²) in [5, 5.41) is 25.4. The summed E-state index contributed by atoms with van der Waals surface area (Å²) in [4.78, 5) is 11.6. The van der Waals surface area contributed by atoms with Gasteiger partial charge in [-0.1, -0.05) is 0 Å². The molecule has 2 aromatic rings. The highest BCUT2D eigenvalue weighted by Gasteiger charge is 2.01. The number of amides is 1. The van der Waals surface area contributed by atoms with E-state index in [0.29, 0.717) is 5.56 Å². The SMILES string of the molecule is O=C(CNc1ccc(I)cc1)N/N=C\c1ccc(O)cc1O. The van der Waals surface area contributed by atoms with Crippen molar-refractivity contribution in [3.8, 4) is 11.5 Å². The van der Waals surface area contributed by atoms with Crippen LogP contribution in [0.3, 0.4) is 0 Å². The van der Waals surface area contributed by atoms with Crippen LogP contribution in [0.15, 0.2) is 47.6 Å². The molecule has 0 heterocycles. The lowest BCUT2D eigenvalue weighted by atomic mass is 10.2. The molecular weight excluding hydrogens is 397 g/mol. The van der Waals surface area contributed by atoms with Gasteiger partial charge in [0.2, 0.25) is 0 Å². The van der Waals surface area contributed by atoms with Crippen molar-refractivity contribution in [1.82, 2.24) is 5.43 Å². The molecule has 6 nitrogen and oxygen atoms in total. The molecule has 0 spiro atoms. The van der Waals surface area contributed by atoms with Crippen LogP contribution in [0, 0.1) is 3.57 Å². The van der Waals surface area contributed by atoms with Gasteiger partial charge in [-0.25, -0.2) is 5.43 Å². The smallest absolute Gasteiger partial charge is 0.259 e. The summed E-state index contributed by atoms with van der Waals surface area (Å²) in [7, 11) is 0. The minimum Gasteiger partial charge on any atom is -0.508 e. The molecule has 7 heteroatoms. The Bertz CT molecular complexity index is 687. The number of nitrogens with one attached hydrogen (secondary N) is 2. The Kier molecular flexibility index (Phi) is 5.59. The summed E-state index contributed by atoms with van der Waals surface area (Å²) in [5.74, 6) is -0.469. The van der Waals surface area contributed by atoms with Crippen LogP contribution in [-0.4, -0.2) is 28.9 Å². The van der Waals surface area contributed by atoms with Gasteiger partial charge >= 0.3 is 0 Å². The Balaban J connectivity index is 1.82. The zero-order chi connectivity index (χ0) is 15.9. The predicted molar refractivity (Wildman–Crippen MR) is 93.2 cm³/mol. The molecule has 0 radical (unpaired) electrons. The van der Waals surface area contributed by atoms with E-state index in [4.69, 9.17) is 5.11 Å². The molecule has 0 aliphatic rings. The number of phenolic OH excluding ortho intramolecular Hbond substituents is 2. The fourth-order valence-corrected chi connectivity index (χ4v) is 1.96. The molecule has 0 aliphatic carbocycles. The standard InChI is InChI=1S/C15H14IN3O3/c16-11-2-4-12(5-3-11)17-9-15(22)19-18-8-10-1-6-13(20)7-14(10)21/h1-8,17,20-21H,9H2,(H,19,22)/b18-8-. The van der Waals surface area contributed by atoms with Crippen molar-refractivity contribution >= 4 is 40.4 Å². The summed E-state index contributed by atoms with van der Waals surface area (Å²) in [6.07, 6.45) is 1.30. The molecular formula is C15H14IN3O3. The fraction of sp³-hybridized carbons (Fsp3) is 0.0667. The number of hydrogen-bond donors (Lipinski definition) is 4. The van der Waals surface area contributed by atoms with Gasteiger partial charge < -0.3 is 15.5 Å². The second kappa shape index (κ2) is 7.64. The van der Waals surface area contributed by atoms with E-state index < -0.39 is 0 Å². The minimum absolute atomic E-state index is 0.0413. The van der Waals surface area contributed by atoms with Crippen LogP contribution in [0.4, 0.5) is 5.69 Å². The average molecular weight is 411 g/mol. The first-order valence-electron chi connectivity index (χ1n) is 6.38. The van der Waals surface area contributed by atoms with Crippen LogP contribution in [0.25, 0.3) is 0 Å². The summed E-state index contributed by atoms with van der Waals surface area (Å²) in [6.45, 7) is 0.0828. The summed E-state index contributed by atoms with van der Waals surface area (Å²) < 4.78 is 1.12. The number of halogens is 1. The Morgan fingerprint density at radius 3 is 2.59 bits per heavy atom. The molecule has 0 saturated heterocycles. The van der Waals surface area contributed by atoms with Crippen molar-refractivity contribution in [1.29, 1.82) is 0 Å². The summed E-state index contributed by atoms with van der Waals surface area (Å²) in [6, 6.07) is 11.7. The zero-order valence-electron chi connectivity index (χ0n) is 11.5. The van der Waals surface area contributed by atoms with Crippen LogP contribution >= 0.6 is 22.6 Å². The number of aromatic hydroxyl groups is 2. The van der Waals surface area contributed by atoms with Gasteiger partial charge in [0.25, 0.3) is 5.91 Å². The van der Waals surface area contributed by atoms with Gasteiger partial charge in [-0.3, -0.25) is 4.79 Å². The maximum atomic E-state index is 11.6. The van der Waals surface area contributed by atoms with E-state index in [2.05, 4.69) is 38.4 Å². The van der Waals surface area contributed by atoms with Gasteiger partial charge in [-0.15, -0.1) is 0 Å². The third-order valence-corrected chi connectivity index (χ3v) is 3.42. The van der Waals surface area contributed by atoms with Gasteiger partial charge in [0.1, 0.15) is 11.5 Å². The molecule has 0 bridgehead atoms. The number of phenols is 2. The predicted octanol–water partition coefficient (Wildman–Crippen LogP) is 2.26. The molecule has 0 aromatic heterocycles. The van der Waals surface area contributed by atoms with Crippen LogP contribution in [0.2, 0.25) is 0 Å². The van der Waals surface area contributed by atoms with Gasteiger partial charge in [-0.2, -0.15) is 5.10 Å². The number of nitrogens with zero attached hydrogens (tertiary/aromatic N) is 1. The topological polar surface area (TPSA) is 94.0 Å². The number of hydrazone groups is 1. The number of carbonyl (C=O) groups is 1. The second-order valence-electron chi connectivity index (χ2n) is 4.40. The van der Waals surface area contributed by atoms with Crippen LogP contribution in [0.5, 0.6) is 11.5 Å². The zero-order valence-corrected chi connectivity index (χ0v) is 13.6. The minimum atomic E-state index is -0.312. The maximum Gasteiger partial charge on any atom is 0.259 e. The Morgan fingerprint density at radius 2 is 1.91 bits per heavy atom. The molecule has 0 atom stereocenters. The van der Waals surface area contributed by atoms with Gasteiger partial charge in [0.15, 0.2) is 0 Å². The molecule has 4 N–H and O–H groups in total. The molecule has 22 heavy (non-hydrogen) atoms. The van der Waals surface area contributed by atoms with E-state index in [9.17, 15) is 9.90 Å². The van der Waals surface area contributed by atoms with E-state index in [1.165, 1.54) is 24.4 Å². The molecule has 2 rings (SSSR count). The first kappa shape index (κ1) is 16.1. The van der Waals surface area contributed by atoms with Crippen molar-refractivity contribution in [3.63, 3.8) is 0 Å². The van der Waals surface area contributed by atoms with Crippen molar-refractivity contribution in [2.45, 2.75) is 0 Å². The Morgan fingerprint density at radius 1 is 1.18 bits per heavy atom. The average Bonchev–Trinajstić information content (AvgIpc) is 2.49. The van der Waals surface area contributed by atoms with E-state index in [-0.39, 0.29) is 24.0 Å². The highest BCUT2D eigenvalue weighted by Crippen LogP contribution is 2.20. The number of benzene rings is 2. The Labute approximate surface area is 141 Å². The Hall–Kier alpha value is -2.29. The number of anilines is 1. The molecule has 0 saturated carbocycles. The van der Waals surface area contributed by atoms with E-state index in [1.54, 1.807) is 0 Å². The molecule has 1 amide bonds. The van der Waals surface area contributed by atoms with Crippen molar-refractivity contribution in [2.75, 3.05) is 11.9 Å². The largest absolute Gasteiger partial charge is 0.508 e. The van der Waals surface area contributed by atoms with Gasteiger partial charge in [0, 0.05) is 20.9 Å². The quantitative estimate of drug-likeness (QED) is 0.345. The van der Waals surface area contributed by atoms with E-state index in [1.807, 2.05) is 24.3 Å². The lowest BCUT2D eigenvalue weighted by Crippen LogP contribution is -2.25. The molecule has 0 unspecified atom stereocenters. The third-order valence-electron chi connectivity index (χ3n) is 2.70. The normalized spacial score (nSPS) is 10.6. The van der Waals surface area contributed by atoms with Crippen LogP contribution < -0.4 is 10.7 Å². The van der Waals surface area contributed by atoms with Crippen molar-refractivity contribution < 1.29 is 15.0 Å². The number of carbonyl (C=O) groups excluding carboxylic acids is 1. The first-order valence-corrected chi connectivity index (χ1v) is 7.46.